The highest BCUT2D eigenvalue weighted by atomic mass is 16.5. The number of hydrogen-bond donors (Lipinski definition) is 0. The summed E-state index contributed by atoms with van der Waals surface area (Å²) in [6.45, 7) is 8.88. The second-order valence-electron chi connectivity index (χ2n) is 6.59. The van der Waals surface area contributed by atoms with Crippen LogP contribution in [0.3, 0.4) is 0 Å². The summed E-state index contributed by atoms with van der Waals surface area (Å²) in [5.74, 6) is 2.92. The van der Waals surface area contributed by atoms with Crippen molar-refractivity contribution in [3.63, 3.8) is 0 Å². The molecule has 1 aromatic heterocycles. The predicted octanol–water partition coefficient (Wildman–Crippen LogP) is 2.93. The van der Waals surface area contributed by atoms with E-state index in [1.54, 1.807) is 0 Å². The van der Waals surface area contributed by atoms with Gasteiger partial charge in [0.15, 0.2) is 0 Å². The molecule has 1 fully saturated rings. The number of morpholine rings is 1. The molecule has 1 aliphatic rings. The molecule has 136 valence electrons. The lowest BCUT2D eigenvalue weighted by molar-refractivity contribution is 0.0321. The van der Waals surface area contributed by atoms with Crippen LogP contribution in [0.2, 0.25) is 0 Å². The van der Waals surface area contributed by atoms with E-state index < -0.39 is 0 Å². The molecule has 0 spiro atoms. The lowest BCUT2D eigenvalue weighted by Gasteiger charge is -2.26. The first-order chi connectivity index (χ1) is 12.2. The van der Waals surface area contributed by atoms with Crippen molar-refractivity contribution in [1.82, 2.24) is 9.80 Å². The molecular weight excluding hydrogens is 316 g/mol. The minimum absolute atomic E-state index is 0.706. The van der Waals surface area contributed by atoms with E-state index in [1.165, 1.54) is 5.56 Å². The largest absolute Gasteiger partial charge is 0.492 e. The fraction of sp³-hybridized carbons (Fsp3) is 0.500. The Morgan fingerprint density at radius 3 is 2.64 bits per heavy atom. The maximum Gasteiger partial charge on any atom is 0.123 e. The summed E-state index contributed by atoms with van der Waals surface area (Å²) < 4.78 is 17.1. The molecule has 0 bridgehead atoms. The van der Waals surface area contributed by atoms with Crippen LogP contribution in [0.15, 0.2) is 40.8 Å². The molecule has 0 amide bonds. The molecule has 2 heterocycles. The molecule has 25 heavy (non-hydrogen) atoms. The summed E-state index contributed by atoms with van der Waals surface area (Å²) in [5.41, 5.74) is 1.20. The molecule has 0 radical (unpaired) electrons. The van der Waals surface area contributed by atoms with Crippen molar-refractivity contribution >= 4 is 0 Å². The normalized spacial score (nSPS) is 15.6. The topological polar surface area (TPSA) is 38.1 Å². The first-order valence-corrected chi connectivity index (χ1v) is 8.95. The Balaban J connectivity index is 1.51. The van der Waals surface area contributed by atoms with Crippen LogP contribution in [0, 0.1) is 6.92 Å². The Labute approximate surface area is 150 Å². The van der Waals surface area contributed by atoms with Crippen molar-refractivity contribution in [2.24, 2.45) is 0 Å². The molecule has 1 aliphatic heterocycles. The summed E-state index contributed by atoms with van der Waals surface area (Å²) in [5, 5.41) is 0. The Morgan fingerprint density at radius 2 is 1.88 bits per heavy atom. The van der Waals surface area contributed by atoms with Crippen molar-refractivity contribution in [2.75, 3.05) is 46.5 Å². The molecule has 2 aromatic rings. The molecule has 5 heteroatoms. The molecule has 5 nitrogen and oxygen atoms in total. The van der Waals surface area contributed by atoms with Gasteiger partial charge in [-0.15, -0.1) is 0 Å². The van der Waals surface area contributed by atoms with E-state index >= 15 is 0 Å². The molecule has 0 aliphatic carbocycles. The van der Waals surface area contributed by atoms with Gasteiger partial charge in [-0.3, -0.25) is 9.80 Å². The number of aryl methyl sites for hydroxylation is 1. The zero-order chi connectivity index (χ0) is 17.5. The van der Waals surface area contributed by atoms with Gasteiger partial charge in [0.05, 0.1) is 19.8 Å². The Hall–Kier alpha value is -1.82. The number of hydrogen-bond acceptors (Lipinski definition) is 5. The number of rotatable bonds is 8. The molecule has 0 saturated carbocycles. The summed E-state index contributed by atoms with van der Waals surface area (Å²) >= 11 is 0. The monoisotopic (exact) mass is 344 g/mol. The summed E-state index contributed by atoms with van der Waals surface area (Å²) in [7, 11) is 2.10. The third kappa shape index (κ3) is 5.59. The summed E-state index contributed by atoms with van der Waals surface area (Å²) in [4.78, 5) is 4.62. The van der Waals surface area contributed by atoms with E-state index in [-0.39, 0.29) is 0 Å². The first kappa shape index (κ1) is 18.0. The van der Waals surface area contributed by atoms with Crippen LogP contribution in [0.1, 0.15) is 17.1 Å². The number of ether oxygens (including phenoxy) is 2. The van der Waals surface area contributed by atoms with E-state index in [0.717, 1.165) is 63.2 Å². The highest BCUT2D eigenvalue weighted by Gasteiger charge is 2.12. The Kier molecular flexibility index (Phi) is 6.50. The first-order valence-electron chi connectivity index (χ1n) is 8.95. The van der Waals surface area contributed by atoms with Crippen molar-refractivity contribution < 1.29 is 13.9 Å². The van der Waals surface area contributed by atoms with Gasteiger partial charge in [0.1, 0.15) is 23.9 Å². The highest BCUT2D eigenvalue weighted by molar-refractivity contribution is 5.33. The number of nitrogens with zero attached hydrogens (tertiary/aromatic N) is 2. The van der Waals surface area contributed by atoms with Crippen LogP contribution in [-0.2, 0) is 17.8 Å². The lowest BCUT2D eigenvalue weighted by atomic mass is 10.2. The van der Waals surface area contributed by atoms with Gasteiger partial charge in [0.2, 0.25) is 0 Å². The quantitative estimate of drug-likeness (QED) is 0.736. The maximum atomic E-state index is 6.06. The van der Waals surface area contributed by atoms with Crippen molar-refractivity contribution in [2.45, 2.75) is 20.0 Å². The summed E-state index contributed by atoms with van der Waals surface area (Å²) in [6, 6.07) is 12.3. The van der Waals surface area contributed by atoms with Crippen LogP contribution in [0.4, 0.5) is 0 Å². The molecule has 1 aromatic carbocycles. The number of benzene rings is 1. The second-order valence-corrected chi connectivity index (χ2v) is 6.59. The number of para-hydroxylation sites is 1. The van der Waals surface area contributed by atoms with Crippen LogP contribution in [0.5, 0.6) is 5.75 Å². The molecular formula is C20H28N2O3. The average Bonchev–Trinajstić information content (AvgIpc) is 3.02. The molecule has 0 N–H and O–H groups in total. The van der Waals surface area contributed by atoms with E-state index in [1.807, 2.05) is 25.1 Å². The third-order valence-electron chi connectivity index (χ3n) is 4.40. The average molecular weight is 344 g/mol. The Morgan fingerprint density at radius 1 is 1.08 bits per heavy atom. The van der Waals surface area contributed by atoms with Crippen molar-refractivity contribution in [1.29, 1.82) is 0 Å². The van der Waals surface area contributed by atoms with Gasteiger partial charge in [0, 0.05) is 31.7 Å². The van der Waals surface area contributed by atoms with Gasteiger partial charge >= 0.3 is 0 Å². The van der Waals surface area contributed by atoms with Gasteiger partial charge in [-0.1, -0.05) is 18.2 Å². The molecule has 1 saturated heterocycles. The van der Waals surface area contributed by atoms with Crippen LogP contribution < -0.4 is 4.74 Å². The number of furan rings is 1. The van der Waals surface area contributed by atoms with Gasteiger partial charge in [-0.25, -0.2) is 0 Å². The van der Waals surface area contributed by atoms with Crippen LogP contribution in [0.25, 0.3) is 0 Å². The van der Waals surface area contributed by atoms with Gasteiger partial charge < -0.3 is 13.9 Å². The fourth-order valence-corrected chi connectivity index (χ4v) is 3.07. The lowest BCUT2D eigenvalue weighted by Crippen LogP contribution is -2.38. The van der Waals surface area contributed by atoms with Crippen molar-refractivity contribution in [3.05, 3.63) is 53.5 Å². The van der Waals surface area contributed by atoms with E-state index in [2.05, 4.69) is 35.0 Å². The SMILES string of the molecule is Cc1ccc(CN(C)Cc2ccccc2OCCN2CCOCC2)o1. The van der Waals surface area contributed by atoms with E-state index in [9.17, 15) is 0 Å². The maximum absolute atomic E-state index is 6.06. The smallest absolute Gasteiger partial charge is 0.123 e. The zero-order valence-corrected chi connectivity index (χ0v) is 15.2. The molecule has 0 atom stereocenters. The highest BCUT2D eigenvalue weighted by Crippen LogP contribution is 2.20. The molecule has 0 unspecified atom stereocenters. The van der Waals surface area contributed by atoms with Gasteiger partial charge in [0.25, 0.3) is 0 Å². The minimum atomic E-state index is 0.706. The van der Waals surface area contributed by atoms with Crippen molar-refractivity contribution in [3.8, 4) is 5.75 Å². The van der Waals surface area contributed by atoms with Gasteiger partial charge in [-0.2, -0.15) is 0 Å². The fourth-order valence-electron chi connectivity index (χ4n) is 3.07. The van der Waals surface area contributed by atoms with Crippen LogP contribution >= 0.6 is 0 Å². The van der Waals surface area contributed by atoms with Crippen LogP contribution in [-0.4, -0.2) is 56.3 Å². The second kappa shape index (κ2) is 9.04. The van der Waals surface area contributed by atoms with Gasteiger partial charge in [-0.05, 0) is 32.2 Å². The minimum Gasteiger partial charge on any atom is -0.492 e. The third-order valence-corrected chi connectivity index (χ3v) is 4.40. The predicted molar refractivity (Wildman–Crippen MR) is 97.8 cm³/mol. The zero-order valence-electron chi connectivity index (χ0n) is 15.2. The summed E-state index contributed by atoms with van der Waals surface area (Å²) in [6.07, 6.45) is 0. The standard InChI is InChI=1S/C20H28N2O3/c1-17-7-8-19(25-17)16-21(2)15-18-5-3-4-6-20(18)24-14-11-22-9-12-23-13-10-22/h3-8H,9-16H2,1-2H3. The molecule has 3 rings (SSSR count). The Bertz CT molecular complexity index is 650. The van der Waals surface area contributed by atoms with E-state index in [4.69, 9.17) is 13.9 Å². The van der Waals surface area contributed by atoms with E-state index in [0.29, 0.717) is 6.61 Å².